The van der Waals surface area contributed by atoms with E-state index in [1.54, 1.807) is 38.2 Å². The molecule has 1 aromatic rings. The summed E-state index contributed by atoms with van der Waals surface area (Å²) in [6, 6.07) is 7.27. The number of nitrogens with one attached hydrogen (secondary N) is 1. The van der Waals surface area contributed by atoms with E-state index < -0.39 is 5.54 Å². The Morgan fingerprint density at radius 3 is 2.78 bits per heavy atom. The van der Waals surface area contributed by atoms with Gasteiger partial charge in [-0.25, -0.2) is 0 Å². The second-order valence-corrected chi connectivity index (χ2v) is 5.78. The van der Waals surface area contributed by atoms with Crippen LogP contribution in [0.5, 0.6) is 5.75 Å². The van der Waals surface area contributed by atoms with Gasteiger partial charge in [-0.1, -0.05) is 12.1 Å². The summed E-state index contributed by atoms with van der Waals surface area (Å²) in [5.74, 6) is 0.371. The Hall–Kier alpha value is -2.08. The van der Waals surface area contributed by atoms with Crippen LogP contribution in [0.25, 0.3) is 0 Å². The molecule has 0 radical (unpaired) electrons. The zero-order valence-corrected chi connectivity index (χ0v) is 13.9. The van der Waals surface area contributed by atoms with Crippen LogP contribution in [0.4, 0.5) is 5.69 Å². The van der Waals surface area contributed by atoms with E-state index >= 15 is 0 Å². The fraction of sp³-hybridized carbons (Fsp3) is 0.529. The van der Waals surface area contributed by atoms with Gasteiger partial charge in [0, 0.05) is 26.7 Å². The van der Waals surface area contributed by atoms with Crippen LogP contribution >= 0.6 is 0 Å². The van der Waals surface area contributed by atoms with Crippen molar-refractivity contribution in [3.63, 3.8) is 0 Å². The molecule has 0 bridgehead atoms. The predicted octanol–water partition coefficient (Wildman–Crippen LogP) is 1.73. The molecule has 0 aliphatic carbocycles. The Balaban J connectivity index is 2.22. The number of carbonyl (C=O) groups is 2. The third-order valence-corrected chi connectivity index (χ3v) is 4.19. The first-order chi connectivity index (χ1) is 11.0. The number of benzene rings is 1. The summed E-state index contributed by atoms with van der Waals surface area (Å²) in [6.07, 6.45) is 1.57. The van der Waals surface area contributed by atoms with Gasteiger partial charge in [-0.15, -0.1) is 0 Å². The highest BCUT2D eigenvalue weighted by molar-refractivity contribution is 6.07. The highest BCUT2D eigenvalue weighted by Gasteiger charge is 2.48. The van der Waals surface area contributed by atoms with Gasteiger partial charge >= 0.3 is 0 Å². The largest absolute Gasteiger partial charge is 0.495 e. The Kier molecular flexibility index (Phi) is 5.60. The monoisotopic (exact) mass is 320 g/mol. The number of hydrogen-bond acceptors (Lipinski definition) is 4. The van der Waals surface area contributed by atoms with Crippen LogP contribution in [0.1, 0.15) is 26.2 Å². The number of methoxy groups -OCH3 is 2. The molecule has 1 N–H and O–H groups in total. The van der Waals surface area contributed by atoms with Crippen LogP contribution in [0.3, 0.4) is 0 Å². The summed E-state index contributed by atoms with van der Waals surface area (Å²) in [5.41, 5.74) is -0.272. The molecule has 2 rings (SSSR count). The van der Waals surface area contributed by atoms with Gasteiger partial charge in [-0.05, 0) is 31.9 Å². The van der Waals surface area contributed by atoms with Crippen molar-refractivity contribution in [1.29, 1.82) is 0 Å². The summed E-state index contributed by atoms with van der Waals surface area (Å²) in [5, 5.41) is 2.90. The molecule has 2 amide bonds. The van der Waals surface area contributed by atoms with Crippen molar-refractivity contribution in [3.05, 3.63) is 24.3 Å². The number of anilines is 1. The minimum absolute atomic E-state index is 0.0657. The van der Waals surface area contributed by atoms with E-state index in [9.17, 15) is 9.59 Å². The Labute approximate surface area is 136 Å². The van der Waals surface area contributed by atoms with Gasteiger partial charge in [-0.3, -0.25) is 14.5 Å². The number of hydrogen-bond donors (Lipinski definition) is 1. The van der Waals surface area contributed by atoms with Crippen molar-refractivity contribution in [3.8, 4) is 5.75 Å². The summed E-state index contributed by atoms with van der Waals surface area (Å²) in [6.45, 7) is 2.92. The minimum atomic E-state index is -0.904. The number of rotatable bonds is 7. The molecule has 1 fully saturated rings. The quantitative estimate of drug-likeness (QED) is 0.777. The molecular formula is C17H24N2O4. The molecule has 1 aliphatic rings. The summed E-state index contributed by atoms with van der Waals surface area (Å²) < 4.78 is 10.3. The van der Waals surface area contributed by atoms with E-state index in [2.05, 4.69) is 5.32 Å². The van der Waals surface area contributed by atoms with E-state index in [0.717, 1.165) is 6.42 Å². The topological polar surface area (TPSA) is 67.9 Å². The van der Waals surface area contributed by atoms with E-state index in [-0.39, 0.29) is 11.8 Å². The first-order valence-corrected chi connectivity index (χ1v) is 7.78. The van der Waals surface area contributed by atoms with Crippen molar-refractivity contribution < 1.29 is 19.1 Å². The van der Waals surface area contributed by atoms with Gasteiger partial charge in [0.15, 0.2) is 0 Å². The first kappa shape index (κ1) is 17.3. The van der Waals surface area contributed by atoms with E-state index in [4.69, 9.17) is 9.47 Å². The lowest BCUT2D eigenvalue weighted by Gasteiger charge is -2.34. The van der Waals surface area contributed by atoms with E-state index in [0.29, 0.717) is 37.4 Å². The zero-order valence-electron chi connectivity index (χ0n) is 13.9. The maximum absolute atomic E-state index is 12.7. The molecule has 6 nitrogen and oxygen atoms in total. The minimum Gasteiger partial charge on any atom is -0.495 e. The Morgan fingerprint density at radius 1 is 1.35 bits per heavy atom. The van der Waals surface area contributed by atoms with Gasteiger partial charge in [0.05, 0.1) is 12.8 Å². The third kappa shape index (κ3) is 3.47. The second kappa shape index (κ2) is 7.46. The van der Waals surface area contributed by atoms with Crippen LogP contribution in [0, 0.1) is 0 Å². The standard InChI is InChI=1S/C17H24N2O4/c1-17(16(21)18-11-6-12-22-2)10-9-15(20)19(17)13-7-4-5-8-14(13)23-3/h4-5,7-8H,6,9-12H2,1-3H3,(H,18,21)/t17-/m1/s1. The number of nitrogens with zero attached hydrogens (tertiary/aromatic N) is 1. The van der Waals surface area contributed by atoms with E-state index in [1.807, 2.05) is 12.1 Å². The van der Waals surface area contributed by atoms with Crippen molar-refractivity contribution in [2.75, 3.05) is 32.3 Å². The van der Waals surface area contributed by atoms with Crippen LogP contribution in [0.2, 0.25) is 0 Å². The maximum Gasteiger partial charge on any atom is 0.246 e. The molecule has 1 saturated heterocycles. The lowest BCUT2D eigenvalue weighted by Crippen LogP contribution is -2.55. The van der Waals surface area contributed by atoms with Gasteiger partial charge < -0.3 is 14.8 Å². The van der Waals surface area contributed by atoms with Gasteiger partial charge in [0.25, 0.3) is 0 Å². The van der Waals surface area contributed by atoms with E-state index in [1.165, 1.54) is 0 Å². The van der Waals surface area contributed by atoms with Crippen LogP contribution in [-0.2, 0) is 14.3 Å². The number of ether oxygens (including phenoxy) is 2. The molecule has 0 unspecified atom stereocenters. The lowest BCUT2D eigenvalue weighted by molar-refractivity contribution is -0.127. The summed E-state index contributed by atoms with van der Waals surface area (Å²) >= 11 is 0. The summed E-state index contributed by atoms with van der Waals surface area (Å²) in [4.78, 5) is 26.6. The number of para-hydroxylation sites is 2. The Bertz CT molecular complexity index is 575. The molecule has 0 spiro atoms. The highest BCUT2D eigenvalue weighted by atomic mass is 16.5. The molecular weight excluding hydrogens is 296 g/mol. The summed E-state index contributed by atoms with van der Waals surface area (Å²) in [7, 11) is 3.18. The fourth-order valence-corrected chi connectivity index (χ4v) is 2.89. The first-order valence-electron chi connectivity index (χ1n) is 7.78. The fourth-order valence-electron chi connectivity index (χ4n) is 2.89. The van der Waals surface area contributed by atoms with Crippen LogP contribution in [0.15, 0.2) is 24.3 Å². The van der Waals surface area contributed by atoms with Gasteiger partial charge in [0.1, 0.15) is 11.3 Å². The molecule has 1 aromatic carbocycles. The SMILES string of the molecule is COCCCNC(=O)[C@@]1(C)CCC(=O)N1c1ccccc1OC. The lowest BCUT2D eigenvalue weighted by atomic mass is 9.97. The predicted molar refractivity (Wildman–Crippen MR) is 87.6 cm³/mol. The van der Waals surface area contributed by atoms with Crippen molar-refractivity contribution >= 4 is 17.5 Å². The molecule has 1 aliphatic heterocycles. The number of amides is 2. The average Bonchev–Trinajstić information content (AvgIpc) is 2.87. The molecule has 126 valence electrons. The normalized spacial score (nSPS) is 20.7. The van der Waals surface area contributed by atoms with Gasteiger partial charge in [0.2, 0.25) is 11.8 Å². The molecule has 6 heteroatoms. The van der Waals surface area contributed by atoms with Crippen molar-refractivity contribution in [1.82, 2.24) is 5.32 Å². The van der Waals surface area contributed by atoms with Crippen molar-refractivity contribution in [2.45, 2.75) is 31.7 Å². The average molecular weight is 320 g/mol. The molecule has 0 saturated carbocycles. The Morgan fingerprint density at radius 2 is 2.09 bits per heavy atom. The highest BCUT2D eigenvalue weighted by Crippen LogP contribution is 2.39. The smallest absolute Gasteiger partial charge is 0.246 e. The van der Waals surface area contributed by atoms with Crippen LogP contribution < -0.4 is 15.0 Å². The molecule has 0 aromatic heterocycles. The number of carbonyl (C=O) groups excluding carboxylic acids is 2. The molecule has 1 atom stereocenters. The van der Waals surface area contributed by atoms with Crippen LogP contribution in [-0.4, -0.2) is 44.7 Å². The molecule has 23 heavy (non-hydrogen) atoms. The van der Waals surface area contributed by atoms with Crippen molar-refractivity contribution in [2.24, 2.45) is 0 Å². The second-order valence-electron chi connectivity index (χ2n) is 5.78. The third-order valence-electron chi connectivity index (χ3n) is 4.19. The molecule has 1 heterocycles. The zero-order chi connectivity index (χ0) is 16.9. The maximum atomic E-state index is 12.7. The van der Waals surface area contributed by atoms with Gasteiger partial charge in [-0.2, -0.15) is 0 Å².